The van der Waals surface area contributed by atoms with E-state index in [0.29, 0.717) is 12.1 Å². The maximum Gasteiger partial charge on any atom is 0.332 e. The van der Waals surface area contributed by atoms with Gasteiger partial charge in [0.15, 0.2) is 0 Å². The van der Waals surface area contributed by atoms with Gasteiger partial charge in [-0.15, -0.1) is 0 Å². The van der Waals surface area contributed by atoms with Crippen LogP contribution < -0.4 is 4.90 Å². The molecular weight excluding hydrogens is 298 g/mol. The van der Waals surface area contributed by atoms with Crippen molar-refractivity contribution >= 4 is 17.6 Å². The lowest BCUT2D eigenvalue weighted by Gasteiger charge is -2.25. The van der Waals surface area contributed by atoms with Crippen LogP contribution in [0.4, 0.5) is 5.69 Å². The second kappa shape index (κ2) is 7.78. The number of carbonyl (C=O) groups excluding carboxylic acids is 2. The van der Waals surface area contributed by atoms with Crippen molar-refractivity contribution < 1.29 is 23.8 Å². The van der Waals surface area contributed by atoms with Crippen molar-refractivity contribution in [2.24, 2.45) is 0 Å². The van der Waals surface area contributed by atoms with Crippen LogP contribution in [-0.4, -0.2) is 38.5 Å². The molecule has 2 unspecified atom stereocenters. The molecule has 0 saturated carbocycles. The van der Waals surface area contributed by atoms with Gasteiger partial charge in [-0.1, -0.05) is 25.1 Å². The van der Waals surface area contributed by atoms with Crippen molar-refractivity contribution in [3.05, 3.63) is 42.1 Å². The fourth-order valence-electron chi connectivity index (χ4n) is 2.56. The molecule has 23 heavy (non-hydrogen) atoms. The lowest BCUT2D eigenvalue weighted by Crippen LogP contribution is -2.31. The normalized spacial score (nSPS) is 22.2. The number of rotatable bonds is 5. The first-order valence-corrected chi connectivity index (χ1v) is 7.46. The van der Waals surface area contributed by atoms with E-state index in [1.807, 2.05) is 42.2 Å². The number of nitrogens with zero attached hydrogens (tertiary/aromatic N) is 1. The van der Waals surface area contributed by atoms with E-state index in [-0.39, 0.29) is 18.5 Å². The van der Waals surface area contributed by atoms with Crippen LogP contribution in [0, 0.1) is 0 Å². The number of carbonyl (C=O) groups is 2. The van der Waals surface area contributed by atoms with Crippen LogP contribution in [0.1, 0.15) is 19.8 Å². The first-order valence-electron chi connectivity index (χ1n) is 7.46. The van der Waals surface area contributed by atoms with Gasteiger partial charge < -0.3 is 19.1 Å². The summed E-state index contributed by atoms with van der Waals surface area (Å²) >= 11 is 0. The number of benzene rings is 1. The van der Waals surface area contributed by atoms with Gasteiger partial charge in [0.1, 0.15) is 12.3 Å². The van der Waals surface area contributed by atoms with Crippen LogP contribution in [0.25, 0.3) is 0 Å². The Kier molecular flexibility index (Phi) is 5.76. The largest absolute Gasteiger partial charge is 0.469 e. The summed E-state index contributed by atoms with van der Waals surface area (Å²) in [6.45, 7) is 1.96. The molecule has 6 heteroatoms. The fraction of sp³-hybridized carbons (Fsp3) is 0.412. The lowest BCUT2D eigenvalue weighted by molar-refractivity contribution is -0.143. The van der Waals surface area contributed by atoms with Gasteiger partial charge in [0.25, 0.3) is 0 Å². The molecule has 124 valence electrons. The molecule has 2 rings (SSSR count). The molecule has 1 saturated heterocycles. The Bertz CT molecular complexity index is 584. The number of hydrogen-bond donors (Lipinski definition) is 0. The van der Waals surface area contributed by atoms with Crippen LogP contribution in [0.15, 0.2) is 42.1 Å². The second-order valence-electron chi connectivity index (χ2n) is 5.07. The van der Waals surface area contributed by atoms with E-state index in [0.717, 1.165) is 5.69 Å². The van der Waals surface area contributed by atoms with Crippen molar-refractivity contribution in [2.75, 3.05) is 19.1 Å². The van der Waals surface area contributed by atoms with Crippen LogP contribution >= 0.6 is 0 Å². The molecule has 6 nitrogen and oxygen atoms in total. The van der Waals surface area contributed by atoms with Crippen LogP contribution in [0.2, 0.25) is 0 Å². The van der Waals surface area contributed by atoms with Gasteiger partial charge >= 0.3 is 11.9 Å². The van der Waals surface area contributed by atoms with Gasteiger partial charge in [-0.3, -0.25) is 4.79 Å². The third kappa shape index (κ3) is 3.90. The van der Waals surface area contributed by atoms with E-state index in [4.69, 9.17) is 14.2 Å². The van der Waals surface area contributed by atoms with Gasteiger partial charge in [-0.2, -0.15) is 0 Å². The number of esters is 2. The van der Waals surface area contributed by atoms with Gasteiger partial charge in [-0.05, 0) is 18.6 Å². The van der Waals surface area contributed by atoms with Crippen molar-refractivity contribution in [3.8, 4) is 0 Å². The van der Waals surface area contributed by atoms with E-state index in [2.05, 4.69) is 0 Å². The Balaban J connectivity index is 2.41. The molecule has 1 aliphatic heterocycles. The highest BCUT2D eigenvalue weighted by atomic mass is 16.5. The van der Waals surface area contributed by atoms with Crippen LogP contribution in [0.5, 0.6) is 0 Å². The Morgan fingerprint density at radius 2 is 1.91 bits per heavy atom. The molecule has 1 aliphatic rings. The molecule has 0 radical (unpaired) electrons. The van der Waals surface area contributed by atoms with Crippen molar-refractivity contribution in [2.45, 2.75) is 32.1 Å². The minimum atomic E-state index is -0.522. The Morgan fingerprint density at radius 1 is 1.22 bits per heavy atom. The maximum atomic E-state index is 11.7. The molecule has 0 spiro atoms. The number of methoxy groups -OCH3 is 2. The zero-order valence-electron chi connectivity index (χ0n) is 13.5. The predicted molar refractivity (Wildman–Crippen MR) is 84.6 cm³/mol. The SMILES string of the molecule is CCC1OC(CC(=O)OC)N(c2ccccc2)/C1=C/C(=O)OC. The molecule has 0 amide bonds. The summed E-state index contributed by atoms with van der Waals surface area (Å²) in [4.78, 5) is 25.3. The monoisotopic (exact) mass is 319 g/mol. The van der Waals surface area contributed by atoms with Gasteiger partial charge in [0.2, 0.25) is 0 Å². The molecule has 0 bridgehead atoms. The molecule has 1 fully saturated rings. The second-order valence-corrected chi connectivity index (χ2v) is 5.07. The topological polar surface area (TPSA) is 65.1 Å². The summed E-state index contributed by atoms with van der Waals surface area (Å²) in [6.07, 6.45) is 1.34. The quantitative estimate of drug-likeness (QED) is 0.612. The summed E-state index contributed by atoms with van der Waals surface area (Å²) in [5.74, 6) is -0.827. The van der Waals surface area contributed by atoms with E-state index in [1.165, 1.54) is 20.3 Å². The molecule has 1 aromatic rings. The average Bonchev–Trinajstić information content (AvgIpc) is 2.92. The van der Waals surface area contributed by atoms with E-state index >= 15 is 0 Å². The highest BCUT2D eigenvalue weighted by molar-refractivity contribution is 5.84. The third-order valence-electron chi connectivity index (χ3n) is 3.66. The van der Waals surface area contributed by atoms with Crippen molar-refractivity contribution in [1.82, 2.24) is 0 Å². The number of ether oxygens (including phenoxy) is 3. The standard InChI is InChI=1S/C17H21NO5/c1-4-14-13(10-16(19)21-2)18(12-8-6-5-7-9-12)15(23-14)11-17(20)22-3/h5-10,14-15H,4,11H2,1-3H3/b13-10+. The molecule has 1 heterocycles. The lowest BCUT2D eigenvalue weighted by atomic mass is 10.1. The first-order chi connectivity index (χ1) is 11.1. The average molecular weight is 319 g/mol. The van der Waals surface area contributed by atoms with Crippen molar-refractivity contribution in [3.63, 3.8) is 0 Å². The summed E-state index contributed by atoms with van der Waals surface area (Å²) in [5.41, 5.74) is 1.52. The smallest absolute Gasteiger partial charge is 0.332 e. The summed E-state index contributed by atoms with van der Waals surface area (Å²) in [6, 6.07) is 9.48. The van der Waals surface area contributed by atoms with E-state index < -0.39 is 12.2 Å². The molecule has 2 atom stereocenters. The Labute approximate surface area is 135 Å². The third-order valence-corrected chi connectivity index (χ3v) is 3.66. The minimum Gasteiger partial charge on any atom is -0.469 e. The molecule has 0 aromatic heterocycles. The van der Waals surface area contributed by atoms with E-state index in [1.54, 1.807) is 0 Å². The summed E-state index contributed by atoms with van der Waals surface area (Å²) < 4.78 is 15.4. The molecule has 1 aromatic carbocycles. The highest BCUT2D eigenvalue weighted by Gasteiger charge is 2.38. The molecular formula is C17H21NO5. The van der Waals surface area contributed by atoms with E-state index in [9.17, 15) is 9.59 Å². The zero-order valence-corrected chi connectivity index (χ0v) is 13.5. The fourth-order valence-corrected chi connectivity index (χ4v) is 2.56. The van der Waals surface area contributed by atoms with Crippen LogP contribution in [-0.2, 0) is 23.8 Å². The Hall–Kier alpha value is -2.34. The first kappa shape index (κ1) is 17.0. The number of hydrogen-bond acceptors (Lipinski definition) is 6. The highest BCUT2D eigenvalue weighted by Crippen LogP contribution is 2.35. The van der Waals surface area contributed by atoms with Gasteiger partial charge in [0, 0.05) is 11.8 Å². The van der Waals surface area contributed by atoms with Crippen molar-refractivity contribution in [1.29, 1.82) is 0 Å². The predicted octanol–water partition coefficient (Wildman–Crippen LogP) is 2.25. The summed E-state index contributed by atoms with van der Waals surface area (Å²) in [5, 5.41) is 0. The minimum absolute atomic E-state index is 0.0698. The Morgan fingerprint density at radius 3 is 2.48 bits per heavy atom. The molecule has 0 aliphatic carbocycles. The molecule has 0 N–H and O–H groups in total. The summed E-state index contributed by atoms with van der Waals surface area (Å²) in [7, 11) is 2.67. The van der Waals surface area contributed by atoms with Gasteiger partial charge in [-0.25, -0.2) is 4.79 Å². The maximum absolute atomic E-state index is 11.7. The zero-order chi connectivity index (χ0) is 16.8. The van der Waals surface area contributed by atoms with Gasteiger partial charge in [0.05, 0.1) is 26.3 Å². The van der Waals surface area contributed by atoms with Crippen LogP contribution in [0.3, 0.4) is 0 Å². The number of para-hydroxylation sites is 1. The number of anilines is 1.